The average Bonchev–Trinajstić information content (AvgIpc) is 2.55. The fraction of sp³-hybridized carbons (Fsp3) is 0.619. The maximum Gasteiger partial charge on any atom is 0.258 e. The van der Waals surface area contributed by atoms with Gasteiger partial charge in [0.2, 0.25) is 0 Å². The summed E-state index contributed by atoms with van der Waals surface area (Å²) >= 11 is 0. The predicted molar refractivity (Wildman–Crippen MR) is 106 cm³/mol. The minimum absolute atomic E-state index is 0.136. The van der Waals surface area contributed by atoms with Gasteiger partial charge in [0.25, 0.3) is 8.32 Å². The summed E-state index contributed by atoms with van der Waals surface area (Å²) in [7, 11) is -2.08. The third-order valence-corrected chi connectivity index (χ3v) is 12.0. The Kier molecular flexibility index (Phi) is 6.84. The molecule has 0 saturated heterocycles. The number of halogens is 3. The number of benzene rings is 1. The summed E-state index contributed by atoms with van der Waals surface area (Å²) in [6.07, 6.45) is 3.02. The minimum Gasteiger partial charge on any atom is -0.546 e. The quantitative estimate of drug-likeness (QED) is 0.445. The lowest BCUT2D eigenvalue weighted by Gasteiger charge is -2.44. The summed E-state index contributed by atoms with van der Waals surface area (Å²) in [5, 5.41) is 0. The van der Waals surface area contributed by atoms with Gasteiger partial charge in [-0.25, -0.2) is 13.2 Å². The van der Waals surface area contributed by atoms with Gasteiger partial charge in [-0.05, 0) is 40.8 Å². The Balaban J connectivity index is 2.29. The molecule has 1 aliphatic rings. The number of nitrogens with two attached hydrogens (primary N) is 1. The molecule has 2 rings (SSSR count). The lowest BCUT2D eigenvalue weighted by atomic mass is 9.83. The first-order valence-corrected chi connectivity index (χ1v) is 11.9. The van der Waals surface area contributed by atoms with Crippen molar-refractivity contribution in [2.75, 3.05) is 0 Å². The van der Waals surface area contributed by atoms with Crippen LogP contribution in [0.25, 0.3) is 0 Å². The van der Waals surface area contributed by atoms with E-state index in [0.29, 0.717) is 35.5 Å². The third-order valence-electron chi connectivity index (χ3n) is 6.00. The smallest absolute Gasteiger partial charge is 0.258 e. The van der Waals surface area contributed by atoms with Crippen LogP contribution in [-0.2, 0) is 4.43 Å². The summed E-state index contributed by atoms with van der Waals surface area (Å²) in [4.78, 5) is 0. The van der Waals surface area contributed by atoms with Crippen LogP contribution in [0.4, 0.5) is 13.2 Å². The minimum atomic E-state index is -2.08. The van der Waals surface area contributed by atoms with Crippen LogP contribution < -0.4 is 5.73 Å². The van der Waals surface area contributed by atoms with Gasteiger partial charge >= 0.3 is 0 Å². The van der Waals surface area contributed by atoms with Crippen LogP contribution in [0, 0.1) is 17.5 Å². The van der Waals surface area contributed by atoms with Crippen molar-refractivity contribution < 1.29 is 17.6 Å². The van der Waals surface area contributed by atoms with E-state index in [1.807, 2.05) is 6.08 Å². The van der Waals surface area contributed by atoms with E-state index >= 15 is 0 Å². The Labute approximate surface area is 162 Å². The standard InChI is InChI=1S/C21H32F3NOSi/c1-12(2)27(13(3)4,14(5)6)26-15-7-8-16(21(25)9-15)17-10-19(23)20(24)11-18(17)22/h9-14,16,21H,7-8,25H2,1-6H3/t16-,21+/m1/s1. The molecule has 2 nitrogen and oxygen atoms in total. The van der Waals surface area contributed by atoms with E-state index in [9.17, 15) is 13.2 Å². The second-order valence-corrected chi connectivity index (χ2v) is 13.9. The highest BCUT2D eigenvalue weighted by Gasteiger charge is 2.47. The van der Waals surface area contributed by atoms with E-state index in [-0.39, 0.29) is 11.5 Å². The Morgan fingerprint density at radius 3 is 1.93 bits per heavy atom. The van der Waals surface area contributed by atoms with E-state index in [1.54, 1.807) is 0 Å². The van der Waals surface area contributed by atoms with Gasteiger partial charge in [-0.15, -0.1) is 0 Å². The van der Waals surface area contributed by atoms with Crippen molar-refractivity contribution >= 4 is 8.32 Å². The largest absolute Gasteiger partial charge is 0.546 e. The first kappa shape index (κ1) is 22.0. The van der Waals surface area contributed by atoms with Gasteiger partial charge in [-0.1, -0.05) is 41.5 Å². The SMILES string of the molecule is CC(C)[Si](OC1=C[C@H](N)[C@@H](c2cc(F)c(F)cc2F)CC1)(C(C)C)C(C)C. The molecule has 0 aliphatic heterocycles. The van der Waals surface area contributed by atoms with Crippen LogP contribution in [0.1, 0.15) is 65.9 Å². The van der Waals surface area contributed by atoms with Gasteiger partial charge < -0.3 is 10.2 Å². The molecule has 0 amide bonds. The molecule has 0 radical (unpaired) electrons. The first-order chi connectivity index (χ1) is 12.5. The Bertz CT molecular complexity index is 681. The van der Waals surface area contributed by atoms with E-state index in [4.69, 9.17) is 10.2 Å². The van der Waals surface area contributed by atoms with Crippen molar-refractivity contribution in [1.29, 1.82) is 0 Å². The van der Waals surface area contributed by atoms with Crippen LogP contribution in [0.3, 0.4) is 0 Å². The summed E-state index contributed by atoms with van der Waals surface area (Å²) in [5.74, 6) is -2.50. The highest BCUT2D eigenvalue weighted by molar-refractivity contribution is 6.77. The van der Waals surface area contributed by atoms with Crippen LogP contribution in [0.15, 0.2) is 24.0 Å². The number of hydrogen-bond acceptors (Lipinski definition) is 2. The second-order valence-electron chi connectivity index (χ2n) is 8.56. The fourth-order valence-electron chi connectivity index (χ4n) is 4.75. The number of hydrogen-bond donors (Lipinski definition) is 1. The molecule has 1 aromatic rings. The highest BCUT2D eigenvalue weighted by atomic mass is 28.4. The normalized spacial score (nSPS) is 21.1. The van der Waals surface area contributed by atoms with Crippen molar-refractivity contribution in [3.05, 3.63) is 47.0 Å². The maximum absolute atomic E-state index is 14.2. The zero-order valence-corrected chi connectivity index (χ0v) is 18.2. The van der Waals surface area contributed by atoms with Crippen LogP contribution in [0.5, 0.6) is 0 Å². The van der Waals surface area contributed by atoms with Crippen LogP contribution >= 0.6 is 0 Å². The van der Waals surface area contributed by atoms with Gasteiger partial charge in [0.05, 0.1) is 5.76 Å². The molecule has 2 N–H and O–H groups in total. The zero-order chi connectivity index (χ0) is 20.5. The van der Waals surface area contributed by atoms with Crippen molar-refractivity contribution in [2.45, 2.75) is 83.0 Å². The molecule has 0 heterocycles. The molecule has 0 bridgehead atoms. The average molecular weight is 400 g/mol. The van der Waals surface area contributed by atoms with Gasteiger partial charge in [0.1, 0.15) is 5.82 Å². The molecule has 1 aromatic carbocycles. The monoisotopic (exact) mass is 399 g/mol. The molecule has 0 aromatic heterocycles. The number of allylic oxidation sites excluding steroid dienone is 1. The number of rotatable bonds is 6. The summed E-state index contributed by atoms with van der Waals surface area (Å²) in [5.41, 5.74) is 7.74. The third kappa shape index (κ3) is 4.26. The summed E-state index contributed by atoms with van der Waals surface area (Å²) in [6, 6.07) is 1.04. The fourth-order valence-corrected chi connectivity index (χ4v) is 10.1. The van der Waals surface area contributed by atoms with Crippen molar-refractivity contribution in [2.24, 2.45) is 5.73 Å². The molecular weight excluding hydrogens is 367 g/mol. The highest BCUT2D eigenvalue weighted by Crippen LogP contribution is 2.45. The van der Waals surface area contributed by atoms with Crippen molar-refractivity contribution in [3.8, 4) is 0 Å². The van der Waals surface area contributed by atoms with Gasteiger partial charge in [-0.2, -0.15) is 0 Å². The lowest BCUT2D eigenvalue weighted by Crippen LogP contribution is -2.48. The van der Waals surface area contributed by atoms with Gasteiger partial charge in [0.15, 0.2) is 11.6 Å². The van der Waals surface area contributed by atoms with Gasteiger partial charge in [0, 0.05) is 24.4 Å². The molecule has 6 heteroatoms. The molecule has 152 valence electrons. The molecule has 0 saturated carbocycles. The molecular formula is C21H32F3NOSi. The van der Waals surface area contributed by atoms with E-state index in [0.717, 1.165) is 11.8 Å². The second kappa shape index (κ2) is 8.39. The first-order valence-electron chi connectivity index (χ1n) is 9.80. The molecule has 2 atom stereocenters. The topological polar surface area (TPSA) is 35.2 Å². The van der Waals surface area contributed by atoms with Crippen molar-refractivity contribution in [1.82, 2.24) is 0 Å². The predicted octanol–water partition coefficient (Wildman–Crippen LogP) is 6.38. The Morgan fingerprint density at radius 2 is 1.44 bits per heavy atom. The molecule has 1 aliphatic carbocycles. The van der Waals surface area contributed by atoms with E-state index in [1.165, 1.54) is 0 Å². The lowest BCUT2D eigenvalue weighted by molar-refractivity contribution is 0.325. The van der Waals surface area contributed by atoms with Crippen molar-refractivity contribution in [3.63, 3.8) is 0 Å². The van der Waals surface area contributed by atoms with E-state index in [2.05, 4.69) is 41.5 Å². The Hall–Kier alpha value is -1.27. The summed E-state index contributed by atoms with van der Waals surface area (Å²) in [6.45, 7) is 13.3. The molecule has 27 heavy (non-hydrogen) atoms. The zero-order valence-electron chi connectivity index (χ0n) is 17.2. The molecule has 0 fully saturated rings. The van der Waals surface area contributed by atoms with E-state index < -0.39 is 31.8 Å². The Morgan fingerprint density at radius 1 is 0.926 bits per heavy atom. The maximum atomic E-state index is 14.2. The summed E-state index contributed by atoms with van der Waals surface area (Å²) < 4.78 is 47.7. The van der Waals surface area contributed by atoms with Gasteiger partial charge in [-0.3, -0.25) is 0 Å². The van der Waals surface area contributed by atoms with Crippen LogP contribution in [-0.4, -0.2) is 14.4 Å². The van der Waals surface area contributed by atoms with Crippen LogP contribution in [0.2, 0.25) is 16.6 Å². The molecule has 0 unspecified atom stereocenters. The molecule has 0 spiro atoms.